The predicted octanol–water partition coefficient (Wildman–Crippen LogP) is 1.30. The van der Waals surface area contributed by atoms with Gasteiger partial charge in [-0.1, -0.05) is 19.1 Å². The second-order valence-electron chi connectivity index (χ2n) is 5.30. The molecular formula is C15H22N2O4S. The van der Waals surface area contributed by atoms with Crippen molar-refractivity contribution in [3.63, 3.8) is 0 Å². The van der Waals surface area contributed by atoms with Gasteiger partial charge in [0.25, 0.3) is 0 Å². The van der Waals surface area contributed by atoms with Crippen LogP contribution in [0.2, 0.25) is 0 Å². The third kappa shape index (κ3) is 3.98. The number of benzene rings is 1. The van der Waals surface area contributed by atoms with E-state index in [9.17, 15) is 13.2 Å². The van der Waals surface area contributed by atoms with Gasteiger partial charge in [0.15, 0.2) is 0 Å². The summed E-state index contributed by atoms with van der Waals surface area (Å²) in [5.41, 5.74) is 0.973. The molecule has 1 aliphatic heterocycles. The molecule has 2 rings (SSSR count). The fraction of sp³-hybridized carbons (Fsp3) is 0.533. The highest BCUT2D eigenvalue weighted by molar-refractivity contribution is 7.89. The van der Waals surface area contributed by atoms with Crippen molar-refractivity contribution in [3.8, 4) is 5.75 Å². The lowest BCUT2D eigenvalue weighted by atomic mass is 10.0. The maximum atomic E-state index is 12.1. The molecule has 0 bridgehead atoms. The quantitative estimate of drug-likeness (QED) is 0.855. The molecule has 1 aromatic carbocycles. The van der Waals surface area contributed by atoms with Gasteiger partial charge in [0.2, 0.25) is 15.9 Å². The van der Waals surface area contributed by atoms with Crippen LogP contribution in [0.4, 0.5) is 0 Å². The Bertz CT molecular complexity index is 613. The summed E-state index contributed by atoms with van der Waals surface area (Å²) in [6.07, 6.45) is 1.32. The molecule has 0 aliphatic carbocycles. The molecule has 1 N–H and O–H groups in total. The van der Waals surface area contributed by atoms with Crippen molar-refractivity contribution in [1.82, 2.24) is 9.62 Å². The Morgan fingerprint density at radius 1 is 1.36 bits per heavy atom. The molecule has 0 spiro atoms. The zero-order chi connectivity index (χ0) is 16.2. The van der Waals surface area contributed by atoms with Gasteiger partial charge in [-0.2, -0.15) is 4.31 Å². The van der Waals surface area contributed by atoms with Crippen LogP contribution in [0.1, 0.15) is 31.4 Å². The van der Waals surface area contributed by atoms with E-state index >= 15 is 0 Å². The van der Waals surface area contributed by atoms with E-state index in [0.717, 1.165) is 17.7 Å². The van der Waals surface area contributed by atoms with Gasteiger partial charge in [-0.05, 0) is 30.5 Å². The number of sulfonamides is 1. The largest absolute Gasteiger partial charge is 0.497 e. The van der Waals surface area contributed by atoms with Crippen LogP contribution in [0, 0.1) is 0 Å². The molecule has 7 heteroatoms. The molecule has 1 atom stereocenters. The molecule has 0 saturated carbocycles. The number of nitrogens with zero attached hydrogens (tertiary/aromatic N) is 1. The highest BCUT2D eigenvalue weighted by atomic mass is 32.2. The maximum absolute atomic E-state index is 12.1. The van der Waals surface area contributed by atoms with Crippen molar-refractivity contribution in [2.45, 2.75) is 25.8 Å². The van der Waals surface area contributed by atoms with Crippen molar-refractivity contribution < 1.29 is 17.9 Å². The van der Waals surface area contributed by atoms with Gasteiger partial charge in [0.05, 0.1) is 25.4 Å². The summed E-state index contributed by atoms with van der Waals surface area (Å²) < 4.78 is 29.8. The number of rotatable bonds is 6. The second-order valence-corrected chi connectivity index (χ2v) is 7.39. The molecule has 22 heavy (non-hydrogen) atoms. The van der Waals surface area contributed by atoms with E-state index in [1.165, 1.54) is 4.31 Å². The monoisotopic (exact) mass is 326 g/mol. The molecule has 0 aromatic heterocycles. The number of methoxy groups -OCH3 is 1. The topological polar surface area (TPSA) is 75.7 Å². The first-order valence-corrected chi connectivity index (χ1v) is 8.98. The average molecular weight is 326 g/mol. The molecule has 1 amide bonds. The Labute approximate surface area is 131 Å². The molecule has 0 radical (unpaired) electrons. The zero-order valence-corrected chi connectivity index (χ0v) is 13.7. The minimum absolute atomic E-state index is 0.102. The SMILES string of the molecule is CCC(NC(=O)CN1CCCS1(=O)=O)c1ccc(OC)cc1. The van der Waals surface area contributed by atoms with E-state index in [1.54, 1.807) is 7.11 Å². The number of amides is 1. The van der Waals surface area contributed by atoms with Crippen LogP contribution in [-0.2, 0) is 14.8 Å². The van der Waals surface area contributed by atoms with E-state index in [1.807, 2.05) is 31.2 Å². The van der Waals surface area contributed by atoms with Gasteiger partial charge < -0.3 is 10.1 Å². The lowest BCUT2D eigenvalue weighted by Crippen LogP contribution is -2.39. The number of nitrogens with one attached hydrogen (secondary N) is 1. The summed E-state index contributed by atoms with van der Waals surface area (Å²) >= 11 is 0. The number of carbonyl (C=O) groups excluding carboxylic acids is 1. The smallest absolute Gasteiger partial charge is 0.235 e. The summed E-state index contributed by atoms with van der Waals surface area (Å²) in [7, 11) is -1.64. The number of hydrogen-bond acceptors (Lipinski definition) is 4. The molecule has 1 heterocycles. The average Bonchev–Trinajstić information content (AvgIpc) is 2.83. The molecule has 1 saturated heterocycles. The van der Waals surface area contributed by atoms with Crippen molar-refractivity contribution in [2.24, 2.45) is 0 Å². The van der Waals surface area contributed by atoms with E-state index in [4.69, 9.17) is 4.74 Å². The Kier molecular flexibility index (Phi) is 5.42. The standard InChI is InChI=1S/C15H22N2O4S/c1-3-14(12-5-7-13(21-2)8-6-12)16-15(18)11-17-9-4-10-22(17,19)20/h5-8,14H,3-4,9-11H2,1-2H3,(H,16,18). The van der Waals surface area contributed by atoms with Gasteiger partial charge in [-0.15, -0.1) is 0 Å². The van der Waals surface area contributed by atoms with Crippen LogP contribution in [0.25, 0.3) is 0 Å². The Morgan fingerprint density at radius 2 is 2.05 bits per heavy atom. The molecule has 1 aliphatic rings. The molecular weight excluding hydrogens is 304 g/mol. The first-order valence-electron chi connectivity index (χ1n) is 7.37. The number of carbonyl (C=O) groups is 1. The highest BCUT2D eigenvalue weighted by Gasteiger charge is 2.30. The van der Waals surface area contributed by atoms with E-state index in [-0.39, 0.29) is 24.2 Å². The van der Waals surface area contributed by atoms with Crippen molar-refractivity contribution in [3.05, 3.63) is 29.8 Å². The maximum Gasteiger partial charge on any atom is 0.235 e. The minimum atomic E-state index is -3.24. The summed E-state index contributed by atoms with van der Waals surface area (Å²) in [6.45, 7) is 2.30. The third-order valence-corrected chi connectivity index (χ3v) is 5.69. The summed E-state index contributed by atoms with van der Waals surface area (Å²) in [5.74, 6) is 0.622. The minimum Gasteiger partial charge on any atom is -0.497 e. The lowest BCUT2D eigenvalue weighted by molar-refractivity contribution is -0.122. The number of ether oxygens (including phenoxy) is 1. The fourth-order valence-electron chi connectivity index (χ4n) is 2.53. The van der Waals surface area contributed by atoms with Gasteiger partial charge in [0.1, 0.15) is 5.75 Å². The Balaban J connectivity index is 1.98. The fourth-order valence-corrected chi connectivity index (χ4v) is 4.00. The first-order chi connectivity index (χ1) is 10.5. The van der Waals surface area contributed by atoms with Crippen LogP contribution < -0.4 is 10.1 Å². The normalized spacial score (nSPS) is 18.8. The molecule has 1 unspecified atom stereocenters. The molecule has 6 nitrogen and oxygen atoms in total. The Hall–Kier alpha value is -1.60. The number of hydrogen-bond donors (Lipinski definition) is 1. The van der Waals surface area contributed by atoms with Crippen molar-refractivity contribution in [2.75, 3.05) is 26.0 Å². The van der Waals surface area contributed by atoms with Gasteiger partial charge >= 0.3 is 0 Å². The van der Waals surface area contributed by atoms with Gasteiger partial charge in [-0.25, -0.2) is 8.42 Å². The van der Waals surface area contributed by atoms with E-state index < -0.39 is 10.0 Å². The summed E-state index contributed by atoms with van der Waals surface area (Å²) in [5, 5.41) is 2.90. The van der Waals surface area contributed by atoms with Crippen molar-refractivity contribution in [1.29, 1.82) is 0 Å². The second kappa shape index (κ2) is 7.11. The van der Waals surface area contributed by atoms with Crippen LogP contribution in [0.5, 0.6) is 5.75 Å². The predicted molar refractivity (Wildman–Crippen MR) is 84.1 cm³/mol. The Morgan fingerprint density at radius 3 is 2.55 bits per heavy atom. The van der Waals surface area contributed by atoms with Crippen LogP contribution in [-0.4, -0.2) is 44.6 Å². The molecule has 1 aromatic rings. The third-order valence-electron chi connectivity index (χ3n) is 3.78. The van der Waals surface area contributed by atoms with Crippen LogP contribution in [0.15, 0.2) is 24.3 Å². The van der Waals surface area contributed by atoms with Crippen LogP contribution >= 0.6 is 0 Å². The van der Waals surface area contributed by atoms with Crippen LogP contribution in [0.3, 0.4) is 0 Å². The molecule has 122 valence electrons. The highest BCUT2D eigenvalue weighted by Crippen LogP contribution is 2.20. The van der Waals surface area contributed by atoms with Crippen molar-refractivity contribution >= 4 is 15.9 Å². The molecule has 1 fully saturated rings. The van der Waals surface area contributed by atoms with E-state index in [0.29, 0.717) is 13.0 Å². The van der Waals surface area contributed by atoms with Gasteiger partial charge in [0, 0.05) is 6.54 Å². The van der Waals surface area contributed by atoms with Gasteiger partial charge in [-0.3, -0.25) is 4.79 Å². The lowest BCUT2D eigenvalue weighted by Gasteiger charge is -2.20. The summed E-state index contributed by atoms with van der Waals surface area (Å²) in [4.78, 5) is 12.1. The first kappa shape index (κ1) is 16.8. The zero-order valence-electron chi connectivity index (χ0n) is 12.9. The van der Waals surface area contributed by atoms with E-state index in [2.05, 4.69) is 5.32 Å². The summed E-state index contributed by atoms with van der Waals surface area (Å²) in [6, 6.07) is 7.35.